The first kappa shape index (κ1) is 18.4. The fourth-order valence-electron chi connectivity index (χ4n) is 3.12. The molecule has 2 aromatic heterocycles. The van der Waals surface area contributed by atoms with Gasteiger partial charge in [-0.15, -0.1) is 0 Å². The highest BCUT2D eigenvalue weighted by molar-refractivity contribution is 9.10. The quantitative estimate of drug-likeness (QED) is 0.426. The first-order chi connectivity index (χ1) is 13.6. The fourth-order valence-corrected chi connectivity index (χ4v) is 3.39. The number of benzene rings is 2. The lowest BCUT2D eigenvalue weighted by molar-refractivity contribution is 0.355. The number of aromatic nitrogens is 2. The SMILES string of the molecule is COc1ccc(-c2nc3cc(C)ccn3c2Nc2ccc(Br)cc2)cc1OC. The van der Waals surface area contributed by atoms with Gasteiger partial charge in [-0.3, -0.25) is 4.40 Å². The van der Waals surface area contributed by atoms with Gasteiger partial charge in [0.1, 0.15) is 17.2 Å². The van der Waals surface area contributed by atoms with Crippen LogP contribution in [0.2, 0.25) is 0 Å². The lowest BCUT2D eigenvalue weighted by Gasteiger charge is -2.11. The maximum absolute atomic E-state index is 5.48. The first-order valence-corrected chi connectivity index (χ1v) is 9.62. The molecule has 0 atom stereocenters. The summed E-state index contributed by atoms with van der Waals surface area (Å²) in [5.74, 6) is 2.25. The van der Waals surface area contributed by atoms with Crippen molar-refractivity contribution >= 4 is 33.1 Å². The number of hydrogen-bond acceptors (Lipinski definition) is 4. The summed E-state index contributed by atoms with van der Waals surface area (Å²) < 4.78 is 13.9. The van der Waals surface area contributed by atoms with Crippen LogP contribution < -0.4 is 14.8 Å². The number of fused-ring (bicyclic) bond motifs is 1. The van der Waals surface area contributed by atoms with Crippen LogP contribution in [0, 0.1) is 6.92 Å². The summed E-state index contributed by atoms with van der Waals surface area (Å²) in [6.07, 6.45) is 2.03. The highest BCUT2D eigenvalue weighted by Crippen LogP contribution is 2.36. The Kier molecular flexibility index (Phi) is 4.96. The van der Waals surface area contributed by atoms with Gasteiger partial charge in [0.05, 0.1) is 14.2 Å². The number of nitrogens with one attached hydrogen (secondary N) is 1. The standard InChI is InChI=1S/C22H20BrN3O2/c1-14-10-11-26-20(12-14)25-21(15-4-9-18(27-2)19(13-15)28-3)22(26)24-17-7-5-16(23)6-8-17/h4-13,24H,1-3H3. The van der Waals surface area contributed by atoms with E-state index >= 15 is 0 Å². The number of aryl methyl sites for hydroxylation is 1. The van der Waals surface area contributed by atoms with Gasteiger partial charge >= 0.3 is 0 Å². The van der Waals surface area contributed by atoms with Gasteiger partial charge in [0.15, 0.2) is 11.5 Å². The third-order valence-corrected chi connectivity index (χ3v) is 5.07. The molecule has 0 unspecified atom stereocenters. The van der Waals surface area contributed by atoms with Crippen molar-refractivity contribution in [2.45, 2.75) is 6.92 Å². The third kappa shape index (κ3) is 3.43. The molecule has 0 fully saturated rings. The second kappa shape index (κ2) is 7.56. The molecule has 0 saturated heterocycles. The molecule has 28 heavy (non-hydrogen) atoms. The van der Waals surface area contributed by atoms with E-state index in [9.17, 15) is 0 Å². The smallest absolute Gasteiger partial charge is 0.161 e. The molecule has 0 bridgehead atoms. The highest BCUT2D eigenvalue weighted by Gasteiger charge is 2.16. The van der Waals surface area contributed by atoms with E-state index in [0.717, 1.165) is 38.4 Å². The van der Waals surface area contributed by atoms with E-state index in [1.165, 1.54) is 0 Å². The molecule has 0 amide bonds. The molecule has 1 N–H and O–H groups in total. The van der Waals surface area contributed by atoms with E-state index in [4.69, 9.17) is 14.5 Å². The van der Waals surface area contributed by atoms with E-state index in [0.29, 0.717) is 11.5 Å². The minimum atomic E-state index is 0.669. The summed E-state index contributed by atoms with van der Waals surface area (Å²) in [5.41, 5.74) is 4.80. The van der Waals surface area contributed by atoms with Crippen LogP contribution >= 0.6 is 15.9 Å². The van der Waals surface area contributed by atoms with Crippen molar-refractivity contribution in [2.75, 3.05) is 19.5 Å². The van der Waals surface area contributed by atoms with Crippen LogP contribution in [0.5, 0.6) is 11.5 Å². The van der Waals surface area contributed by atoms with Gasteiger partial charge in [-0.1, -0.05) is 15.9 Å². The zero-order chi connectivity index (χ0) is 19.7. The molecule has 4 rings (SSSR count). The zero-order valence-electron chi connectivity index (χ0n) is 15.9. The van der Waals surface area contributed by atoms with Crippen LogP contribution in [0.3, 0.4) is 0 Å². The summed E-state index contributed by atoms with van der Waals surface area (Å²) in [7, 11) is 3.27. The Bertz CT molecular complexity index is 1140. The Morgan fingerprint density at radius 3 is 2.39 bits per heavy atom. The average Bonchev–Trinajstić information content (AvgIpc) is 3.06. The van der Waals surface area contributed by atoms with Crippen molar-refractivity contribution in [2.24, 2.45) is 0 Å². The highest BCUT2D eigenvalue weighted by atomic mass is 79.9. The van der Waals surface area contributed by atoms with Crippen molar-refractivity contribution in [3.63, 3.8) is 0 Å². The fraction of sp³-hybridized carbons (Fsp3) is 0.136. The second-order valence-electron chi connectivity index (χ2n) is 6.44. The van der Waals surface area contributed by atoms with Crippen molar-refractivity contribution in [1.82, 2.24) is 9.38 Å². The maximum atomic E-state index is 5.48. The lowest BCUT2D eigenvalue weighted by atomic mass is 10.1. The Balaban J connectivity index is 1.88. The van der Waals surface area contributed by atoms with Crippen molar-refractivity contribution in [3.8, 4) is 22.8 Å². The van der Waals surface area contributed by atoms with Crippen LogP contribution in [0.4, 0.5) is 11.5 Å². The van der Waals surface area contributed by atoms with Gasteiger partial charge in [-0.2, -0.15) is 0 Å². The summed E-state index contributed by atoms with van der Waals surface area (Å²) >= 11 is 3.48. The molecule has 2 aromatic carbocycles. The zero-order valence-corrected chi connectivity index (χ0v) is 17.4. The molecule has 0 radical (unpaired) electrons. The Labute approximate surface area is 172 Å². The minimum Gasteiger partial charge on any atom is -0.493 e. The molecule has 0 aliphatic heterocycles. The number of anilines is 2. The van der Waals surface area contributed by atoms with Crippen molar-refractivity contribution in [3.05, 3.63) is 70.8 Å². The number of pyridine rings is 1. The third-order valence-electron chi connectivity index (χ3n) is 4.55. The van der Waals surface area contributed by atoms with Crippen molar-refractivity contribution < 1.29 is 9.47 Å². The molecule has 4 aromatic rings. The summed E-state index contributed by atoms with van der Waals surface area (Å²) in [6.45, 7) is 2.06. The maximum Gasteiger partial charge on any atom is 0.161 e. The van der Waals surface area contributed by atoms with Crippen LogP contribution in [0.15, 0.2) is 65.3 Å². The number of methoxy groups -OCH3 is 2. The summed E-state index contributed by atoms with van der Waals surface area (Å²) in [4.78, 5) is 4.88. The number of ether oxygens (including phenoxy) is 2. The van der Waals surface area contributed by atoms with Gasteiger partial charge in [0.25, 0.3) is 0 Å². The summed E-state index contributed by atoms with van der Waals surface area (Å²) in [6, 6.07) is 18.0. The van der Waals surface area contributed by atoms with Gasteiger partial charge in [-0.05, 0) is 67.1 Å². The normalized spacial score (nSPS) is 10.9. The number of rotatable bonds is 5. The molecule has 5 nitrogen and oxygen atoms in total. The predicted octanol–water partition coefficient (Wildman–Crippen LogP) is 5.83. The van der Waals surface area contributed by atoms with E-state index in [2.05, 4.69) is 44.7 Å². The van der Waals surface area contributed by atoms with Gasteiger partial charge in [0.2, 0.25) is 0 Å². The predicted molar refractivity (Wildman–Crippen MR) is 116 cm³/mol. The van der Waals surface area contributed by atoms with Crippen LogP contribution in [0.1, 0.15) is 5.56 Å². The molecule has 0 aliphatic rings. The monoisotopic (exact) mass is 437 g/mol. The lowest BCUT2D eigenvalue weighted by Crippen LogP contribution is -1.97. The first-order valence-electron chi connectivity index (χ1n) is 8.83. The van der Waals surface area contributed by atoms with E-state index in [-0.39, 0.29) is 0 Å². The molecule has 0 spiro atoms. The molecule has 142 valence electrons. The van der Waals surface area contributed by atoms with Crippen LogP contribution in [-0.4, -0.2) is 23.6 Å². The molecule has 6 heteroatoms. The Hall–Kier alpha value is -2.99. The summed E-state index contributed by atoms with van der Waals surface area (Å²) in [5, 5.41) is 3.51. The Morgan fingerprint density at radius 1 is 0.929 bits per heavy atom. The van der Waals surface area contributed by atoms with E-state index < -0.39 is 0 Å². The number of imidazole rings is 1. The molecule has 0 aliphatic carbocycles. The average molecular weight is 438 g/mol. The van der Waals surface area contributed by atoms with Gasteiger partial charge in [0, 0.05) is 21.9 Å². The minimum absolute atomic E-state index is 0.669. The van der Waals surface area contributed by atoms with Crippen molar-refractivity contribution in [1.29, 1.82) is 0 Å². The molecular formula is C22H20BrN3O2. The molecule has 0 saturated carbocycles. The van der Waals surface area contributed by atoms with E-state index in [1.807, 2.05) is 48.7 Å². The molecular weight excluding hydrogens is 418 g/mol. The Morgan fingerprint density at radius 2 is 1.68 bits per heavy atom. The van der Waals surface area contributed by atoms with Crippen LogP contribution in [-0.2, 0) is 0 Å². The van der Waals surface area contributed by atoms with Gasteiger partial charge in [-0.25, -0.2) is 4.98 Å². The number of nitrogens with zero attached hydrogens (tertiary/aromatic N) is 2. The largest absolute Gasteiger partial charge is 0.493 e. The number of hydrogen-bond donors (Lipinski definition) is 1. The van der Waals surface area contributed by atoms with Crippen LogP contribution in [0.25, 0.3) is 16.9 Å². The number of halogens is 1. The topological polar surface area (TPSA) is 47.8 Å². The van der Waals surface area contributed by atoms with Gasteiger partial charge < -0.3 is 14.8 Å². The second-order valence-corrected chi connectivity index (χ2v) is 7.36. The van der Waals surface area contributed by atoms with E-state index in [1.54, 1.807) is 14.2 Å². The molecule has 2 heterocycles.